The van der Waals surface area contributed by atoms with E-state index in [-0.39, 0.29) is 5.78 Å². The van der Waals surface area contributed by atoms with E-state index in [0.717, 1.165) is 26.9 Å². The summed E-state index contributed by atoms with van der Waals surface area (Å²) in [7, 11) is 0. The van der Waals surface area contributed by atoms with Crippen LogP contribution in [0.15, 0.2) is 46.9 Å². The van der Waals surface area contributed by atoms with Gasteiger partial charge in [0.05, 0.1) is 11.0 Å². The highest BCUT2D eigenvalue weighted by molar-refractivity contribution is 9.10. The fraction of sp³-hybridized carbons (Fsp3) is 0.0667. The lowest BCUT2D eigenvalue weighted by Gasteiger charge is -1.96. The van der Waals surface area contributed by atoms with Crippen molar-refractivity contribution in [1.82, 2.24) is 9.97 Å². The van der Waals surface area contributed by atoms with Crippen LogP contribution in [-0.4, -0.2) is 27.5 Å². The molecule has 0 saturated heterocycles. The standard InChI is InChI=1S/C15H11BrN2O2/c16-11-3-1-2-10(6-11)15-17-12-5-4-9(14(20)8-19)7-13(12)18-15/h1-7,19H,8H2,(H,17,18). The number of halogens is 1. The molecule has 2 N–H and O–H groups in total. The van der Waals surface area contributed by atoms with E-state index in [1.807, 2.05) is 24.3 Å². The molecule has 0 aliphatic heterocycles. The van der Waals surface area contributed by atoms with Gasteiger partial charge >= 0.3 is 0 Å². The number of imidazole rings is 1. The number of aromatic nitrogens is 2. The Labute approximate surface area is 123 Å². The molecule has 0 atom stereocenters. The van der Waals surface area contributed by atoms with Gasteiger partial charge in [0.25, 0.3) is 0 Å². The number of rotatable bonds is 3. The highest BCUT2D eigenvalue weighted by atomic mass is 79.9. The minimum absolute atomic E-state index is 0.300. The number of aliphatic hydroxyl groups excluding tert-OH is 1. The van der Waals surface area contributed by atoms with E-state index in [4.69, 9.17) is 5.11 Å². The van der Waals surface area contributed by atoms with E-state index in [0.29, 0.717) is 5.56 Å². The molecule has 0 saturated carbocycles. The molecule has 100 valence electrons. The molecular formula is C15H11BrN2O2. The quantitative estimate of drug-likeness (QED) is 0.725. The van der Waals surface area contributed by atoms with Crippen molar-refractivity contribution in [2.24, 2.45) is 0 Å². The van der Waals surface area contributed by atoms with E-state index in [1.165, 1.54) is 0 Å². The number of fused-ring (bicyclic) bond motifs is 1. The van der Waals surface area contributed by atoms with Crippen LogP contribution in [0.5, 0.6) is 0 Å². The fourth-order valence-electron chi connectivity index (χ4n) is 2.05. The van der Waals surface area contributed by atoms with E-state index >= 15 is 0 Å². The monoisotopic (exact) mass is 330 g/mol. The second-order valence-corrected chi connectivity index (χ2v) is 5.32. The average Bonchev–Trinajstić information content (AvgIpc) is 2.89. The zero-order chi connectivity index (χ0) is 14.1. The van der Waals surface area contributed by atoms with Crippen molar-refractivity contribution < 1.29 is 9.90 Å². The second kappa shape index (κ2) is 5.19. The van der Waals surface area contributed by atoms with E-state index < -0.39 is 6.61 Å². The molecule has 0 bridgehead atoms. The first-order chi connectivity index (χ1) is 9.67. The molecule has 4 nitrogen and oxygen atoms in total. The highest BCUT2D eigenvalue weighted by Crippen LogP contribution is 2.23. The van der Waals surface area contributed by atoms with Gasteiger partial charge < -0.3 is 10.1 Å². The van der Waals surface area contributed by atoms with Gasteiger partial charge in [-0.05, 0) is 30.3 Å². The Bertz CT molecular complexity index is 795. The zero-order valence-corrected chi connectivity index (χ0v) is 12.0. The van der Waals surface area contributed by atoms with Crippen molar-refractivity contribution in [2.45, 2.75) is 0 Å². The number of carbonyl (C=O) groups excluding carboxylic acids is 1. The predicted molar refractivity (Wildman–Crippen MR) is 80.6 cm³/mol. The van der Waals surface area contributed by atoms with E-state index in [2.05, 4.69) is 25.9 Å². The Morgan fingerprint density at radius 1 is 1.25 bits per heavy atom. The normalized spacial score (nSPS) is 10.9. The molecule has 0 amide bonds. The Hall–Kier alpha value is -1.98. The van der Waals surface area contributed by atoms with Gasteiger partial charge in [-0.3, -0.25) is 4.79 Å². The Balaban J connectivity index is 2.09. The van der Waals surface area contributed by atoms with Crippen LogP contribution in [0.3, 0.4) is 0 Å². The van der Waals surface area contributed by atoms with Gasteiger partial charge in [0.2, 0.25) is 0 Å². The van der Waals surface area contributed by atoms with Crippen LogP contribution in [0.25, 0.3) is 22.4 Å². The van der Waals surface area contributed by atoms with Crippen LogP contribution >= 0.6 is 15.9 Å². The predicted octanol–water partition coefficient (Wildman–Crippen LogP) is 3.17. The van der Waals surface area contributed by atoms with Crippen molar-refractivity contribution in [3.63, 3.8) is 0 Å². The first kappa shape index (κ1) is 13.0. The van der Waals surface area contributed by atoms with E-state index in [9.17, 15) is 4.79 Å². The number of Topliss-reactive ketones (excluding diaryl/α,β-unsaturated/α-hetero) is 1. The number of nitrogens with one attached hydrogen (secondary N) is 1. The topological polar surface area (TPSA) is 66.0 Å². The minimum atomic E-state index is -0.488. The molecule has 1 aromatic heterocycles. The van der Waals surface area contributed by atoms with Gasteiger partial charge in [-0.2, -0.15) is 0 Å². The number of nitrogens with zero attached hydrogens (tertiary/aromatic N) is 1. The molecule has 1 heterocycles. The van der Waals surface area contributed by atoms with Gasteiger partial charge in [0.1, 0.15) is 12.4 Å². The van der Waals surface area contributed by atoms with Crippen molar-refractivity contribution >= 4 is 32.7 Å². The lowest BCUT2D eigenvalue weighted by Crippen LogP contribution is -2.03. The number of ketones is 1. The largest absolute Gasteiger partial charge is 0.388 e. The number of carbonyl (C=O) groups is 1. The van der Waals surface area contributed by atoms with Gasteiger partial charge in [-0.1, -0.05) is 28.1 Å². The van der Waals surface area contributed by atoms with Crippen LogP contribution in [-0.2, 0) is 0 Å². The lowest BCUT2D eigenvalue weighted by molar-refractivity contribution is 0.0904. The van der Waals surface area contributed by atoms with Crippen molar-refractivity contribution in [3.8, 4) is 11.4 Å². The summed E-state index contributed by atoms with van der Waals surface area (Å²) in [6.45, 7) is -0.488. The number of H-pyrrole nitrogens is 1. The van der Waals surface area contributed by atoms with Crippen LogP contribution < -0.4 is 0 Å². The number of hydrogen-bond donors (Lipinski definition) is 2. The maximum absolute atomic E-state index is 11.5. The fourth-order valence-corrected chi connectivity index (χ4v) is 2.45. The SMILES string of the molecule is O=C(CO)c1ccc2nc(-c3cccc(Br)c3)[nH]c2c1. The summed E-state index contributed by atoms with van der Waals surface area (Å²) >= 11 is 3.43. The summed E-state index contributed by atoms with van der Waals surface area (Å²) in [5.74, 6) is 0.445. The Kier molecular flexibility index (Phi) is 3.38. The summed E-state index contributed by atoms with van der Waals surface area (Å²) in [4.78, 5) is 19.2. The molecule has 0 fully saturated rings. The van der Waals surface area contributed by atoms with Gasteiger partial charge in [-0.15, -0.1) is 0 Å². The first-order valence-corrected chi connectivity index (χ1v) is 6.86. The number of hydrogen-bond acceptors (Lipinski definition) is 3. The minimum Gasteiger partial charge on any atom is -0.388 e. The summed E-state index contributed by atoms with van der Waals surface area (Å²) < 4.78 is 0.978. The third-order valence-electron chi connectivity index (χ3n) is 3.05. The molecule has 3 rings (SSSR count). The summed E-state index contributed by atoms with van der Waals surface area (Å²) in [5, 5.41) is 8.89. The van der Waals surface area contributed by atoms with Crippen LogP contribution in [0, 0.1) is 0 Å². The number of aromatic amines is 1. The lowest BCUT2D eigenvalue weighted by atomic mass is 10.1. The van der Waals surface area contributed by atoms with E-state index in [1.54, 1.807) is 18.2 Å². The molecule has 0 spiro atoms. The van der Waals surface area contributed by atoms with Crippen molar-refractivity contribution in [2.75, 3.05) is 6.61 Å². The average molecular weight is 331 g/mol. The summed E-state index contributed by atoms with van der Waals surface area (Å²) in [5.41, 5.74) is 3.00. The molecule has 0 aliphatic carbocycles. The van der Waals surface area contributed by atoms with Gasteiger partial charge in [0.15, 0.2) is 5.78 Å². The maximum Gasteiger partial charge on any atom is 0.188 e. The second-order valence-electron chi connectivity index (χ2n) is 4.41. The molecule has 0 radical (unpaired) electrons. The first-order valence-electron chi connectivity index (χ1n) is 6.07. The highest BCUT2D eigenvalue weighted by Gasteiger charge is 2.09. The molecule has 2 aromatic carbocycles. The summed E-state index contributed by atoms with van der Waals surface area (Å²) in [6.07, 6.45) is 0. The molecule has 5 heteroatoms. The molecule has 0 aliphatic rings. The number of benzene rings is 2. The molecule has 20 heavy (non-hydrogen) atoms. The third-order valence-corrected chi connectivity index (χ3v) is 3.54. The summed E-state index contributed by atoms with van der Waals surface area (Å²) in [6, 6.07) is 13.0. The molecule has 0 unspecified atom stereocenters. The number of aliphatic hydroxyl groups is 1. The van der Waals surface area contributed by atoms with Crippen LogP contribution in [0.2, 0.25) is 0 Å². The Morgan fingerprint density at radius 2 is 2.10 bits per heavy atom. The third kappa shape index (κ3) is 2.37. The van der Waals surface area contributed by atoms with Crippen LogP contribution in [0.4, 0.5) is 0 Å². The Morgan fingerprint density at radius 3 is 2.85 bits per heavy atom. The van der Waals surface area contributed by atoms with Crippen LogP contribution in [0.1, 0.15) is 10.4 Å². The smallest absolute Gasteiger partial charge is 0.188 e. The van der Waals surface area contributed by atoms with Crippen molar-refractivity contribution in [3.05, 3.63) is 52.5 Å². The maximum atomic E-state index is 11.5. The van der Waals surface area contributed by atoms with Gasteiger partial charge in [-0.25, -0.2) is 4.98 Å². The zero-order valence-electron chi connectivity index (χ0n) is 10.4. The van der Waals surface area contributed by atoms with Gasteiger partial charge in [0, 0.05) is 15.6 Å². The molecular weight excluding hydrogens is 320 g/mol. The van der Waals surface area contributed by atoms with Crippen molar-refractivity contribution in [1.29, 1.82) is 0 Å². The molecule has 3 aromatic rings.